The van der Waals surface area contributed by atoms with Gasteiger partial charge in [-0.15, -0.1) is 0 Å². The third-order valence-corrected chi connectivity index (χ3v) is 4.97. The number of aliphatic hydroxyl groups is 2. The second-order valence-electron chi connectivity index (χ2n) is 7.38. The van der Waals surface area contributed by atoms with Crippen molar-refractivity contribution in [3.8, 4) is 0 Å². The summed E-state index contributed by atoms with van der Waals surface area (Å²) in [5, 5.41) is 23.0. The van der Waals surface area contributed by atoms with E-state index in [1.54, 1.807) is 13.0 Å². The van der Waals surface area contributed by atoms with Gasteiger partial charge < -0.3 is 25.7 Å². The standard InChI is InChI=1S/C21H22F3N3O4/c1-11-2-5-17(16(23)6-11)26-19-14(3-4-15(22)18(19)24)21(31)27-8-12(9-27)20(30)25-7-13(29)10-28/h2-6,12-13,26,28-29H,7-10H2,1H3,(H,25,30). The molecule has 1 saturated heterocycles. The van der Waals surface area contributed by atoms with Crippen LogP contribution in [0.2, 0.25) is 0 Å². The van der Waals surface area contributed by atoms with Gasteiger partial charge in [-0.1, -0.05) is 6.07 Å². The summed E-state index contributed by atoms with van der Waals surface area (Å²) in [5.74, 6) is -4.79. The number of hydrogen-bond acceptors (Lipinski definition) is 5. The second kappa shape index (κ2) is 9.36. The molecule has 0 bridgehead atoms. The van der Waals surface area contributed by atoms with Gasteiger partial charge in [0.05, 0.1) is 35.6 Å². The van der Waals surface area contributed by atoms with Crippen molar-refractivity contribution < 1.29 is 33.0 Å². The minimum Gasteiger partial charge on any atom is -0.394 e. The van der Waals surface area contributed by atoms with Crippen molar-refractivity contribution in [3.63, 3.8) is 0 Å². The number of nitrogens with one attached hydrogen (secondary N) is 2. The molecule has 3 rings (SSSR count). The van der Waals surface area contributed by atoms with Gasteiger partial charge in [0.2, 0.25) is 5.91 Å². The molecule has 2 aromatic rings. The number of carbonyl (C=O) groups is 2. The first-order valence-corrected chi connectivity index (χ1v) is 9.58. The van der Waals surface area contributed by atoms with Crippen molar-refractivity contribution in [2.24, 2.45) is 5.92 Å². The van der Waals surface area contributed by atoms with Crippen LogP contribution in [-0.2, 0) is 4.79 Å². The Morgan fingerprint density at radius 3 is 2.52 bits per heavy atom. The van der Waals surface area contributed by atoms with Crippen LogP contribution < -0.4 is 10.6 Å². The lowest BCUT2D eigenvalue weighted by molar-refractivity contribution is -0.129. The highest BCUT2D eigenvalue weighted by Gasteiger charge is 2.37. The monoisotopic (exact) mass is 437 g/mol. The number of likely N-dealkylation sites (tertiary alicyclic amines) is 1. The highest BCUT2D eigenvalue weighted by molar-refractivity contribution is 6.01. The summed E-state index contributed by atoms with van der Waals surface area (Å²) in [7, 11) is 0. The van der Waals surface area contributed by atoms with Gasteiger partial charge in [0.1, 0.15) is 5.82 Å². The molecule has 1 atom stereocenters. The Morgan fingerprint density at radius 1 is 1.16 bits per heavy atom. The third-order valence-electron chi connectivity index (χ3n) is 4.97. The molecule has 0 aromatic heterocycles. The topological polar surface area (TPSA) is 102 Å². The summed E-state index contributed by atoms with van der Waals surface area (Å²) in [6, 6.07) is 6.05. The van der Waals surface area contributed by atoms with Crippen molar-refractivity contribution >= 4 is 23.2 Å². The van der Waals surface area contributed by atoms with Crippen LogP contribution in [0.15, 0.2) is 30.3 Å². The van der Waals surface area contributed by atoms with E-state index in [2.05, 4.69) is 10.6 Å². The number of amides is 2. The van der Waals surface area contributed by atoms with Gasteiger partial charge in [0.15, 0.2) is 11.6 Å². The van der Waals surface area contributed by atoms with Gasteiger partial charge in [-0.05, 0) is 36.8 Å². The molecule has 7 nitrogen and oxygen atoms in total. The molecular formula is C21H22F3N3O4. The molecule has 2 aromatic carbocycles. The summed E-state index contributed by atoms with van der Waals surface area (Å²) < 4.78 is 42.5. The van der Waals surface area contributed by atoms with E-state index >= 15 is 0 Å². The number of hydrogen-bond donors (Lipinski definition) is 4. The fraction of sp³-hybridized carbons (Fsp3) is 0.333. The molecule has 0 aliphatic carbocycles. The maximum absolute atomic E-state index is 14.5. The Kier molecular flexibility index (Phi) is 6.81. The summed E-state index contributed by atoms with van der Waals surface area (Å²) in [4.78, 5) is 26.1. The Balaban J connectivity index is 1.74. The molecular weight excluding hydrogens is 415 g/mol. The molecule has 1 aliphatic rings. The van der Waals surface area contributed by atoms with Crippen LogP contribution in [0.5, 0.6) is 0 Å². The summed E-state index contributed by atoms with van der Waals surface area (Å²) >= 11 is 0. The van der Waals surface area contributed by atoms with E-state index < -0.39 is 53.6 Å². The predicted octanol–water partition coefficient (Wildman–Crippen LogP) is 1.70. The maximum atomic E-state index is 14.5. The Bertz CT molecular complexity index is 996. The number of carbonyl (C=O) groups excluding carboxylic acids is 2. The van der Waals surface area contributed by atoms with E-state index in [9.17, 15) is 27.9 Å². The van der Waals surface area contributed by atoms with Crippen molar-refractivity contribution in [3.05, 3.63) is 58.9 Å². The second-order valence-corrected chi connectivity index (χ2v) is 7.38. The first-order valence-electron chi connectivity index (χ1n) is 9.58. The average Bonchev–Trinajstić information content (AvgIpc) is 2.70. The van der Waals surface area contributed by atoms with Crippen LogP contribution in [0.3, 0.4) is 0 Å². The molecule has 2 amide bonds. The Morgan fingerprint density at radius 2 is 1.87 bits per heavy atom. The lowest BCUT2D eigenvalue weighted by Gasteiger charge is -2.38. The summed E-state index contributed by atoms with van der Waals surface area (Å²) in [5.41, 5.74) is -0.178. The van der Waals surface area contributed by atoms with Crippen LogP contribution in [0.4, 0.5) is 24.5 Å². The normalized spacial score (nSPS) is 14.7. The first kappa shape index (κ1) is 22.6. The quantitative estimate of drug-likeness (QED) is 0.528. The van der Waals surface area contributed by atoms with Gasteiger partial charge in [-0.2, -0.15) is 0 Å². The van der Waals surface area contributed by atoms with Crippen LogP contribution in [0.25, 0.3) is 0 Å². The maximum Gasteiger partial charge on any atom is 0.256 e. The van der Waals surface area contributed by atoms with Crippen LogP contribution >= 0.6 is 0 Å². The number of aliphatic hydroxyl groups excluding tert-OH is 2. The van der Waals surface area contributed by atoms with Crippen LogP contribution in [0.1, 0.15) is 15.9 Å². The largest absolute Gasteiger partial charge is 0.394 e. The van der Waals surface area contributed by atoms with Gasteiger partial charge >= 0.3 is 0 Å². The number of benzene rings is 2. The first-order chi connectivity index (χ1) is 14.7. The fourth-order valence-corrected chi connectivity index (χ4v) is 3.12. The molecule has 1 fully saturated rings. The number of anilines is 2. The fourth-order valence-electron chi connectivity index (χ4n) is 3.12. The Labute approximate surface area is 176 Å². The molecule has 166 valence electrons. The summed E-state index contributed by atoms with van der Waals surface area (Å²) in [6.45, 7) is 1.13. The molecule has 4 N–H and O–H groups in total. The predicted molar refractivity (Wildman–Crippen MR) is 106 cm³/mol. The lowest BCUT2D eigenvalue weighted by Crippen LogP contribution is -2.56. The zero-order valence-corrected chi connectivity index (χ0v) is 16.7. The highest BCUT2D eigenvalue weighted by Crippen LogP contribution is 2.30. The zero-order valence-electron chi connectivity index (χ0n) is 16.7. The molecule has 1 unspecified atom stereocenters. The smallest absolute Gasteiger partial charge is 0.256 e. The average molecular weight is 437 g/mol. The molecule has 1 heterocycles. The van der Waals surface area contributed by atoms with Gasteiger partial charge in [0.25, 0.3) is 5.91 Å². The molecule has 0 saturated carbocycles. The number of nitrogens with zero attached hydrogens (tertiary/aromatic N) is 1. The molecule has 31 heavy (non-hydrogen) atoms. The van der Waals surface area contributed by atoms with Gasteiger partial charge in [-0.25, -0.2) is 13.2 Å². The van der Waals surface area contributed by atoms with Gasteiger partial charge in [-0.3, -0.25) is 9.59 Å². The molecule has 0 spiro atoms. The van der Waals surface area contributed by atoms with E-state index in [1.807, 2.05) is 0 Å². The van der Waals surface area contributed by atoms with Crippen LogP contribution in [-0.4, -0.2) is 59.3 Å². The van der Waals surface area contributed by atoms with E-state index in [0.717, 1.165) is 12.1 Å². The van der Waals surface area contributed by atoms with E-state index in [4.69, 9.17) is 5.11 Å². The van der Waals surface area contributed by atoms with Crippen molar-refractivity contribution in [1.82, 2.24) is 10.2 Å². The lowest BCUT2D eigenvalue weighted by atomic mass is 9.97. The van der Waals surface area contributed by atoms with E-state index in [0.29, 0.717) is 5.56 Å². The minimum atomic E-state index is -1.32. The number of halogens is 3. The number of rotatable bonds is 7. The SMILES string of the molecule is Cc1ccc(Nc2c(C(=O)N3CC(C(=O)NCC(O)CO)C3)ccc(F)c2F)c(F)c1. The third kappa shape index (κ3) is 4.97. The summed E-state index contributed by atoms with van der Waals surface area (Å²) in [6.07, 6.45) is -1.08. The minimum absolute atomic E-state index is 0.0389. The van der Waals surface area contributed by atoms with Crippen LogP contribution in [0, 0.1) is 30.3 Å². The van der Waals surface area contributed by atoms with Crippen molar-refractivity contribution in [2.75, 3.05) is 31.6 Å². The molecule has 10 heteroatoms. The van der Waals surface area contributed by atoms with Gasteiger partial charge in [0, 0.05) is 19.6 Å². The molecule has 1 aliphatic heterocycles. The highest BCUT2D eigenvalue weighted by atomic mass is 19.2. The Hall–Kier alpha value is -3.11. The molecule has 0 radical (unpaired) electrons. The van der Waals surface area contributed by atoms with E-state index in [1.165, 1.54) is 17.0 Å². The zero-order chi connectivity index (χ0) is 22.7. The van der Waals surface area contributed by atoms with E-state index in [-0.39, 0.29) is 30.9 Å². The number of aryl methyl sites for hydroxylation is 1. The van der Waals surface area contributed by atoms with Crippen molar-refractivity contribution in [2.45, 2.75) is 13.0 Å². The van der Waals surface area contributed by atoms with Crippen molar-refractivity contribution in [1.29, 1.82) is 0 Å².